The highest BCUT2D eigenvalue weighted by Crippen LogP contribution is 2.37. The third kappa shape index (κ3) is 3.08. The van der Waals surface area contributed by atoms with E-state index in [1.165, 1.54) is 12.1 Å². The fourth-order valence-electron chi connectivity index (χ4n) is 2.05. The van der Waals surface area contributed by atoms with Crippen LogP contribution in [0, 0.1) is 0 Å². The van der Waals surface area contributed by atoms with Gasteiger partial charge in [0.15, 0.2) is 5.79 Å². The number of benzene rings is 1. The highest BCUT2D eigenvalue weighted by molar-refractivity contribution is 5.29. The monoisotopic (exact) mass is 276 g/mol. The van der Waals surface area contributed by atoms with Gasteiger partial charge in [0, 0.05) is 12.2 Å². The van der Waals surface area contributed by atoms with E-state index in [9.17, 15) is 13.2 Å². The first-order valence-electron chi connectivity index (χ1n) is 5.95. The van der Waals surface area contributed by atoms with Crippen LogP contribution in [0.15, 0.2) is 24.3 Å². The largest absolute Gasteiger partial charge is 0.416 e. The Bertz CT molecular complexity index is 447. The Hall–Kier alpha value is -1.11. The van der Waals surface area contributed by atoms with Gasteiger partial charge in [0.2, 0.25) is 0 Å². The molecule has 19 heavy (non-hydrogen) atoms. The van der Waals surface area contributed by atoms with E-state index in [2.05, 4.69) is 0 Å². The molecular weight excluding hydrogens is 261 g/mol. The lowest BCUT2D eigenvalue weighted by Gasteiger charge is -2.24. The van der Waals surface area contributed by atoms with Crippen LogP contribution in [-0.4, -0.2) is 24.4 Å². The molecule has 106 valence electrons. The number of hydrogen-bond acceptors (Lipinski definition) is 3. The highest BCUT2D eigenvalue weighted by Gasteiger charge is 2.40. The molecule has 0 amide bonds. The normalized spacial score (nSPS) is 27.7. The number of aliphatic hydroxyl groups excluding tert-OH is 1. The summed E-state index contributed by atoms with van der Waals surface area (Å²) in [5.41, 5.74) is -0.410. The first kappa shape index (κ1) is 14.3. The van der Waals surface area contributed by atoms with Crippen molar-refractivity contribution in [3.63, 3.8) is 0 Å². The minimum atomic E-state index is -4.39. The van der Waals surface area contributed by atoms with E-state index in [1.54, 1.807) is 6.92 Å². The van der Waals surface area contributed by atoms with Crippen molar-refractivity contribution in [2.45, 2.75) is 31.4 Å². The predicted octanol–water partition coefficient (Wildman–Crippen LogP) is 2.68. The Labute approximate surface area is 108 Å². The summed E-state index contributed by atoms with van der Waals surface area (Å²) < 4.78 is 49.0. The van der Waals surface area contributed by atoms with Gasteiger partial charge in [0.1, 0.15) is 0 Å². The molecule has 1 N–H and O–H groups in total. The molecule has 2 unspecified atom stereocenters. The summed E-state index contributed by atoms with van der Waals surface area (Å²) in [6, 6.07) is 4.90. The smallest absolute Gasteiger partial charge is 0.396 e. The van der Waals surface area contributed by atoms with Gasteiger partial charge in [-0.05, 0) is 25.5 Å². The Balaban J connectivity index is 2.22. The lowest BCUT2D eigenvalue weighted by Crippen LogP contribution is -2.24. The predicted molar refractivity (Wildman–Crippen MR) is 61.3 cm³/mol. The van der Waals surface area contributed by atoms with Crippen LogP contribution in [0.3, 0.4) is 0 Å². The molecule has 0 saturated carbocycles. The standard InChI is InChI=1S/C13H15F3O3/c1-12(18-8-11(19-12)5-6-17)9-3-2-4-10(7-9)13(14,15)16/h2-4,7,11,17H,5-6,8H2,1H3. The van der Waals surface area contributed by atoms with E-state index >= 15 is 0 Å². The lowest BCUT2D eigenvalue weighted by atomic mass is 10.0. The van der Waals surface area contributed by atoms with Gasteiger partial charge in [-0.3, -0.25) is 0 Å². The molecule has 1 saturated heterocycles. The summed E-state index contributed by atoms with van der Waals surface area (Å²) in [5, 5.41) is 8.83. The van der Waals surface area contributed by atoms with Gasteiger partial charge < -0.3 is 14.6 Å². The fourth-order valence-corrected chi connectivity index (χ4v) is 2.05. The second-order valence-corrected chi connectivity index (χ2v) is 4.59. The molecule has 0 radical (unpaired) electrons. The molecule has 2 rings (SSSR count). The van der Waals surface area contributed by atoms with E-state index < -0.39 is 17.5 Å². The zero-order valence-corrected chi connectivity index (χ0v) is 10.4. The van der Waals surface area contributed by atoms with Crippen molar-refractivity contribution in [1.82, 2.24) is 0 Å². The molecule has 1 aromatic carbocycles. The molecule has 0 aromatic heterocycles. The van der Waals surface area contributed by atoms with Crippen LogP contribution in [0.4, 0.5) is 13.2 Å². The molecule has 1 aromatic rings. The van der Waals surface area contributed by atoms with Gasteiger partial charge >= 0.3 is 6.18 Å². The average molecular weight is 276 g/mol. The van der Waals surface area contributed by atoms with Crippen molar-refractivity contribution in [1.29, 1.82) is 0 Å². The van der Waals surface area contributed by atoms with Crippen LogP contribution in [0.5, 0.6) is 0 Å². The zero-order valence-electron chi connectivity index (χ0n) is 10.4. The molecule has 1 fully saturated rings. The van der Waals surface area contributed by atoms with Gasteiger partial charge in [0.25, 0.3) is 0 Å². The van der Waals surface area contributed by atoms with E-state index in [1.807, 2.05) is 0 Å². The van der Waals surface area contributed by atoms with E-state index in [-0.39, 0.29) is 19.3 Å². The van der Waals surface area contributed by atoms with Crippen molar-refractivity contribution >= 4 is 0 Å². The molecule has 0 spiro atoms. The van der Waals surface area contributed by atoms with Crippen molar-refractivity contribution < 1.29 is 27.8 Å². The first-order valence-corrected chi connectivity index (χ1v) is 5.95. The molecule has 0 bridgehead atoms. The number of hydrogen-bond donors (Lipinski definition) is 1. The fraction of sp³-hybridized carbons (Fsp3) is 0.538. The van der Waals surface area contributed by atoms with Crippen LogP contribution in [0.1, 0.15) is 24.5 Å². The maximum atomic E-state index is 12.7. The molecule has 1 aliphatic heterocycles. The quantitative estimate of drug-likeness (QED) is 0.922. The summed E-state index contributed by atoms with van der Waals surface area (Å²) in [6.07, 6.45) is -4.30. The summed E-state index contributed by atoms with van der Waals surface area (Å²) in [5.74, 6) is -1.19. The van der Waals surface area contributed by atoms with Gasteiger partial charge in [0.05, 0.1) is 18.3 Å². The van der Waals surface area contributed by atoms with Crippen LogP contribution in [-0.2, 0) is 21.4 Å². The van der Waals surface area contributed by atoms with Crippen LogP contribution in [0.2, 0.25) is 0 Å². The summed E-state index contributed by atoms with van der Waals surface area (Å²) in [7, 11) is 0. The number of halogens is 3. The molecule has 2 atom stereocenters. The first-order chi connectivity index (χ1) is 8.85. The Morgan fingerprint density at radius 2 is 2.16 bits per heavy atom. The molecular formula is C13H15F3O3. The molecule has 1 aliphatic rings. The van der Waals surface area contributed by atoms with Crippen molar-refractivity contribution in [2.24, 2.45) is 0 Å². The minimum Gasteiger partial charge on any atom is -0.396 e. The number of aliphatic hydroxyl groups is 1. The maximum absolute atomic E-state index is 12.7. The summed E-state index contributed by atoms with van der Waals surface area (Å²) in [4.78, 5) is 0. The Morgan fingerprint density at radius 1 is 1.42 bits per heavy atom. The highest BCUT2D eigenvalue weighted by atomic mass is 19.4. The second-order valence-electron chi connectivity index (χ2n) is 4.59. The second kappa shape index (κ2) is 5.11. The van der Waals surface area contributed by atoms with Gasteiger partial charge in [-0.15, -0.1) is 0 Å². The molecule has 3 nitrogen and oxygen atoms in total. The maximum Gasteiger partial charge on any atom is 0.416 e. The minimum absolute atomic E-state index is 0.0489. The van der Waals surface area contributed by atoms with E-state index in [0.29, 0.717) is 12.0 Å². The van der Waals surface area contributed by atoms with Crippen molar-refractivity contribution in [3.8, 4) is 0 Å². The number of alkyl halides is 3. The SMILES string of the molecule is CC1(c2cccc(C(F)(F)F)c2)OCC(CCO)O1. The topological polar surface area (TPSA) is 38.7 Å². The van der Waals surface area contributed by atoms with Crippen LogP contribution >= 0.6 is 0 Å². The Kier molecular flexibility index (Phi) is 3.85. The third-order valence-electron chi connectivity index (χ3n) is 3.10. The van der Waals surface area contributed by atoms with E-state index in [0.717, 1.165) is 12.1 Å². The van der Waals surface area contributed by atoms with Crippen LogP contribution in [0.25, 0.3) is 0 Å². The number of rotatable bonds is 3. The summed E-state index contributed by atoms with van der Waals surface area (Å²) >= 11 is 0. The third-order valence-corrected chi connectivity index (χ3v) is 3.10. The van der Waals surface area contributed by atoms with Crippen molar-refractivity contribution in [3.05, 3.63) is 35.4 Å². The molecule has 0 aliphatic carbocycles. The zero-order chi connectivity index (χ0) is 14.1. The molecule has 1 heterocycles. The van der Waals surface area contributed by atoms with Crippen molar-refractivity contribution in [2.75, 3.05) is 13.2 Å². The lowest BCUT2D eigenvalue weighted by molar-refractivity contribution is -0.164. The summed E-state index contributed by atoms with van der Waals surface area (Å²) in [6.45, 7) is 1.79. The van der Waals surface area contributed by atoms with Gasteiger partial charge in [-0.25, -0.2) is 0 Å². The Morgan fingerprint density at radius 3 is 2.79 bits per heavy atom. The molecule has 6 heteroatoms. The van der Waals surface area contributed by atoms with E-state index in [4.69, 9.17) is 14.6 Å². The van der Waals surface area contributed by atoms with Gasteiger partial charge in [-0.2, -0.15) is 13.2 Å². The average Bonchev–Trinajstić information content (AvgIpc) is 2.72. The van der Waals surface area contributed by atoms with Crippen LogP contribution < -0.4 is 0 Å². The number of ether oxygens (including phenoxy) is 2. The van der Waals surface area contributed by atoms with Gasteiger partial charge in [-0.1, -0.05) is 12.1 Å².